The summed E-state index contributed by atoms with van der Waals surface area (Å²) < 4.78 is 0. The number of benzene rings is 3. The number of para-hydroxylation sites is 1. The van der Waals surface area contributed by atoms with E-state index in [1.165, 1.54) is 0 Å². The normalized spacial score (nSPS) is 16.4. The molecule has 3 aromatic rings. The first-order valence-electron chi connectivity index (χ1n) is 19.0. The molecule has 11 heteroatoms. The summed E-state index contributed by atoms with van der Waals surface area (Å²) >= 11 is 0. The second kappa shape index (κ2) is 19.8. The van der Waals surface area contributed by atoms with Crippen LogP contribution in [0.15, 0.2) is 83.0 Å². The number of carbonyl (C=O) groups excluding carboxylic acids is 4. The first kappa shape index (κ1) is 41.6. The van der Waals surface area contributed by atoms with Crippen LogP contribution < -0.4 is 20.9 Å². The zero-order valence-electron chi connectivity index (χ0n) is 32.7. The number of nitrogens with zero attached hydrogens (tertiary/aromatic N) is 3. The Labute approximate surface area is 319 Å². The molecule has 2 unspecified atom stereocenters. The lowest BCUT2D eigenvalue weighted by Gasteiger charge is -2.32. The van der Waals surface area contributed by atoms with Crippen molar-refractivity contribution in [1.29, 1.82) is 0 Å². The van der Waals surface area contributed by atoms with Crippen molar-refractivity contribution in [1.82, 2.24) is 10.6 Å². The van der Waals surface area contributed by atoms with Gasteiger partial charge in [-0.2, -0.15) is 10.2 Å². The number of carbonyl (C=O) groups is 4. The number of unbranched alkanes of at least 4 members (excludes halogenated alkanes) is 1. The highest BCUT2D eigenvalue weighted by atomic mass is 16.3. The lowest BCUT2D eigenvalue weighted by atomic mass is 9.79. The van der Waals surface area contributed by atoms with Gasteiger partial charge in [-0.25, -0.2) is 0 Å². The van der Waals surface area contributed by atoms with Gasteiger partial charge >= 0.3 is 0 Å². The average Bonchev–Trinajstić information content (AvgIpc) is 3.16. The monoisotopic (exact) mass is 736 g/mol. The van der Waals surface area contributed by atoms with Crippen LogP contribution in [0.3, 0.4) is 0 Å². The van der Waals surface area contributed by atoms with Crippen molar-refractivity contribution >= 4 is 46.3 Å². The first-order valence-corrected chi connectivity index (χ1v) is 19.0. The van der Waals surface area contributed by atoms with E-state index in [0.717, 1.165) is 40.1 Å². The molecule has 3 aromatic carbocycles. The quantitative estimate of drug-likeness (QED) is 0.0887. The van der Waals surface area contributed by atoms with E-state index in [4.69, 9.17) is 5.11 Å². The van der Waals surface area contributed by atoms with Crippen LogP contribution in [0.4, 0.5) is 11.4 Å². The molecule has 0 saturated heterocycles. The number of hydrogen-bond donors (Lipinski definition) is 4. The summed E-state index contributed by atoms with van der Waals surface area (Å²) in [6, 6.07) is 21.1. The maximum absolute atomic E-state index is 14.0. The second-order valence-corrected chi connectivity index (χ2v) is 14.5. The summed E-state index contributed by atoms with van der Waals surface area (Å²) in [4.78, 5) is 54.8. The topological polar surface area (TPSA) is 153 Å². The van der Waals surface area contributed by atoms with Crippen LogP contribution in [-0.2, 0) is 32.3 Å². The second-order valence-electron chi connectivity index (χ2n) is 14.5. The number of aliphatic hydroxyl groups excluding tert-OH is 1. The third-order valence-corrected chi connectivity index (χ3v) is 10.3. The van der Waals surface area contributed by atoms with Gasteiger partial charge < -0.3 is 26.0 Å². The highest BCUT2D eigenvalue weighted by Crippen LogP contribution is 2.44. The Bertz CT molecular complexity index is 1840. The fourth-order valence-electron chi connectivity index (χ4n) is 6.68. The predicted octanol–water partition coefficient (Wildman–Crippen LogP) is 7.50. The van der Waals surface area contributed by atoms with Crippen LogP contribution in [0.25, 0.3) is 11.3 Å². The molecule has 0 radical (unpaired) electrons. The molecule has 4 N–H and O–H groups in total. The number of rotatable bonds is 16. The Balaban J connectivity index is 1.40. The van der Waals surface area contributed by atoms with Crippen molar-refractivity contribution in [3.8, 4) is 0 Å². The van der Waals surface area contributed by atoms with Gasteiger partial charge in [0.05, 0.1) is 24.5 Å². The minimum absolute atomic E-state index is 0.0556. The number of anilines is 2. The van der Waals surface area contributed by atoms with Crippen LogP contribution in [0.5, 0.6) is 0 Å². The van der Waals surface area contributed by atoms with Gasteiger partial charge in [0.25, 0.3) is 0 Å². The maximum atomic E-state index is 14.0. The Morgan fingerprint density at radius 3 is 2.11 bits per heavy atom. The molecule has 54 heavy (non-hydrogen) atoms. The molecule has 0 fully saturated rings. The largest absolute Gasteiger partial charge is 0.392 e. The summed E-state index contributed by atoms with van der Waals surface area (Å²) in [6.45, 7) is 12.2. The molecule has 4 amide bonds. The van der Waals surface area contributed by atoms with E-state index in [0.29, 0.717) is 36.6 Å². The fraction of sp³-hybridized carbons (Fsp3) is 0.442. The van der Waals surface area contributed by atoms with Crippen LogP contribution in [0, 0.1) is 17.8 Å². The van der Waals surface area contributed by atoms with Crippen molar-refractivity contribution in [3.63, 3.8) is 0 Å². The van der Waals surface area contributed by atoms with E-state index in [9.17, 15) is 24.3 Å². The van der Waals surface area contributed by atoms with Gasteiger partial charge in [0.15, 0.2) is 0 Å². The van der Waals surface area contributed by atoms with Crippen molar-refractivity contribution in [2.24, 2.45) is 28.0 Å². The Morgan fingerprint density at radius 2 is 1.46 bits per heavy atom. The third-order valence-electron chi connectivity index (χ3n) is 10.3. The zero-order valence-corrected chi connectivity index (χ0v) is 32.7. The Morgan fingerprint density at radius 1 is 0.815 bits per heavy atom. The molecule has 0 aliphatic carbocycles. The molecule has 0 bridgehead atoms. The molecule has 4 atom stereocenters. The summed E-state index contributed by atoms with van der Waals surface area (Å²) in [5, 5.41) is 26.4. The molecule has 0 saturated carbocycles. The number of amides is 4. The number of allylic oxidation sites excluding steroid dienone is 1. The molecule has 1 aliphatic rings. The van der Waals surface area contributed by atoms with E-state index in [1.54, 1.807) is 38.2 Å². The van der Waals surface area contributed by atoms with Crippen molar-refractivity contribution in [2.75, 3.05) is 17.3 Å². The third kappa shape index (κ3) is 10.5. The standard InChI is InChI=1S/C43H56N6O5/c1-8-28(4)29(5)39-34-16-10-9-15-32(34)25-49(36-18-12-11-17-35(36)41(39)48-44-7)38(52)20-14-13-19-37(51)47-40(27(2)3)43(54)45-30(6)42(53)46-33-23-21-31(26-50)22-24-33/h9-12,15-18,21-24,27-30,40,50H,8,13-14,19-20,25-26H2,1-7H3,(H,45,54)(H,46,53)(H,47,51)/b41-39+,48-44?/t28?,29?,30-,40-/m0/s1. The molecular formula is C43H56N6O5. The van der Waals surface area contributed by atoms with Crippen molar-refractivity contribution < 1.29 is 24.3 Å². The van der Waals surface area contributed by atoms with Crippen molar-refractivity contribution in [3.05, 3.63) is 95.1 Å². The van der Waals surface area contributed by atoms with Gasteiger partial charge in [0.1, 0.15) is 12.1 Å². The molecule has 0 aromatic heterocycles. The molecule has 1 heterocycles. The molecule has 0 spiro atoms. The van der Waals surface area contributed by atoms with Crippen LogP contribution >= 0.6 is 0 Å². The van der Waals surface area contributed by atoms with Gasteiger partial charge in [-0.05, 0) is 78.0 Å². The highest BCUT2D eigenvalue weighted by molar-refractivity contribution is 6.02. The molecule has 288 valence electrons. The minimum atomic E-state index is -0.855. The maximum Gasteiger partial charge on any atom is 0.246 e. The minimum Gasteiger partial charge on any atom is -0.392 e. The van der Waals surface area contributed by atoms with E-state index in [1.807, 2.05) is 55.1 Å². The smallest absolute Gasteiger partial charge is 0.246 e. The Kier molecular flexibility index (Phi) is 15.2. The molecule has 1 aliphatic heterocycles. The number of hydrogen-bond acceptors (Lipinski definition) is 7. The molecule has 11 nitrogen and oxygen atoms in total. The molecule has 4 rings (SSSR count). The predicted molar refractivity (Wildman–Crippen MR) is 214 cm³/mol. The van der Waals surface area contributed by atoms with E-state index < -0.39 is 23.9 Å². The summed E-state index contributed by atoms with van der Waals surface area (Å²) in [5.74, 6) is -0.852. The van der Waals surface area contributed by atoms with Crippen LogP contribution in [0.1, 0.15) is 95.9 Å². The van der Waals surface area contributed by atoms with Gasteiger partial charge in [0.2, 0.25) is 23.6 Å². The Hall–Kier alpha value is -5.16. The zero-order chi connectivity index (χ0) is 39.4. The number of aliphatic hydroxyl groups is 1. The van der Waals surface area contributed by atoms with E-state index in [-0.39, 0.29) is 43.1 Å². The number of fused-ring (bicyclic) bond motifs is 2. The van der Waals surface area contributed by atoms with E-state index in [2.05, 4.69) is 54.0 Å². The first-order chi connectivity index (χ1) is 25.9. The lowest BCUT2D eigenvalue weighted by Crippen LogP contribution is -2.53. The van der Waals surface area contributed by atoms with E-state index >= 15 is 0 Å². The summed E-state index contributed by atoms with van der Waals surface area (Å²) in [5.41, 5.74) is 6.91. The highest BCUT2D eigenvalue weighted by Gasteiger charge is 2.31. The number of azo groups is 1. The van der Waals surface area contributed by atoms with Gasteiger partial charge in [0, 0.05) is 31.1 Å². The number of nitrogens with one attached hydrogen (secondary N) is 3. The average molecular weight is 737 g/mol. The van der Waals surface area contributed by atoms with Gasteiger partial charge in [-0.15, -0.1) is 0 Å². The summed E-state index contributed by atoms with van der Waals surface area (Å²) in [6.07, 6.45) is 2.33. The lowest BCUT2D eigenvalue weighted by molar-refractivity contribution is -0.131. The van der Waals surface area contributed by atoms with Crippen LogP contribution in [-0.4, -0.2) is 47.9 Å². The van der Waals surface area contributed by atoms with Crippen molar-refractivity contribution in [2.45, 2.75) is 98.9 Å². The summed E-state index contributed by atoms with van der Waals surface area (Å²) in [7, 11) is 1.67. The van der Waals surface area contributed by atoms with Gasteiger partial charge in [-0.3, -0.25) is 19.2 Å². The SMILES string of the molecule is CCC(C)C(C)/C1=C(\N=NC)c2ccccc2N(C(=O)CCCCC(=O)N[C@H](C(=O)N[C@@H](C)C(=O)Nc2ccc(CO)cc2)C(C)C)Cc2ccccc21. The molecular weight excluding hydrogens is 681 g/mol. The van der Waals surface area contributed by atoms with Crippen LogP contribution in [0.2, 0.25) is 0 Å². The van der Waals surface area contributed by atoms with Gasteiger partial charge in [-0.1, -0.05) is 95.6 Å². The fourth-order valence-corrected chi connectivity index (χ4v) is 6.68.